The van der Waals surface area contributed by atoms with Crippen LogP contribution < -0.4 is 5.32 Å². The van der Waals surface area contributed by atoms with Crippen LogP contribution in [-0.2, 0) is 19.1 Å². The molecule has 0 unspecified atom stereocenters. The second kappa shape index (κ2) is 5.93. The summed E-state index contributed by atoms with van der Waals surface area (Å²) in [6.07, 6.45) is 1.06. The van der Waals surface area contributed by atoms with Crippen LogP contribution in [-0.4, -0.2) is 24.4 Å². The van der Waals surface area contributed by atoms with Crippen LogP contribution in [0.5, 0.6) is 0 Å². The molecule has 5 nitrogen and oxygen atoms in total. The fraction of sp³-hybridized carbons (Fsp3) is 0.375. The normalized spacial score (nSPS) is 8.69. The Labute approximate surface area is 75.8 Å². The van der Waals surface area contributed by atoms with Crippen LogP contribution in [0.2, 0.25) is 0 Å². The highest BCUT2D eigenvalue weighted by Crippen LogP contribution is 1.85. The maximum absolute atomic E-state index is 10.7. The summed E-state index contributed by atoms with van der Waals surface area (Å²) in [7, 11) is 0. The zero-order valence-electron chi connectivity index (χ0n) is 7.33. The molecule has 0 saturated carbocycles. The third-order valence-corrected chi connectivity index (χ3v) is 1.07. The van der Waals surface area contributed by atoms with Crippen molar-refractivity contribution >= 4 is 17.8 Å². The van der Waals surface area contributed by atoms with E-state index >= 15 is 0 Å². The van der Waals surface area contributed by atoms with Crippen LogP contribution in [0.15, 0.2) is 12.7 Å². The molecule has 0 aliphatic heterocycles. The number of ether oxygens (including phenoxy) is 1. The van der Waals surface area contributed by atoms with Crippen LogP contribution in [0.25, 0.3) is 0 Å². The van der Waals surface area contributed by atoms with Crippen molar-refractivity contribution in [3.8, 4) is 0 Å². The summed E-state index contributed by atoms with van der Waals surface area (Å²) in [5, 5.41) is 2.37. The van der Waals surface area contributed by atoms with E-state index in [1.54, 1.807) is 0 Å². The summed E-state index contributed by atoms with van der Waals surface area (Å²) in [5.41, 5.74) is 0. The minimum Gasteiger partial charge on any atom is -0.393 e. The van der Waals surface area contributed by atoms with Gasteiger partial charge in [0.25, 0.3) is 0 Å². The van der Waals surface area contributed by atoms with Gasteiger partial charge in [-0.2, -0.15) is 0 Å². The highest BCUT2D eigenvalue weighted by atomic mass is 16.6. The molecule has 0 saturated heterocycles. The zero-order valence-corrected chi connectivity index (χ0v) is 7.33. The van der Waals surface area contributed by atoms with E-state index in [2.05, 4.69) is 16.6 Å². The van der Waals surface area contributed by atoms with Crippen molar-refractivity contribution in [1.29, 1.82) is 0 Å². The molecule has 0 bridgehead atoms. The average Bonchev–Trinajstić information content (AvgIpc) is 2.02. The number of carbonyl (C=O) groups is 3. The summed E-state index contributed by atoms with van der Waals surface area (Å²) >= 11 is 0. The largest absolute Gasteiger partial charge is 0.393 e. The number of hydrogen-bond acceptors (Lipinski definition) is 4. The summed E-state index contributed by atoms with van der Waals surface area (Å²) in [4.78, 5) is 31.5. The van der Waals surface area contributed by atoms with Gasteiger partial charge >= 0.3 is 11.9 Å². The first-order valence-corrected chi connectivity index (χ1v) is 3.67. The molecule has 0 aliphatic carbocycles. The van der Waals surface area contributed by atoms with Gasteiger partial charge in [0.05, 0.1) is 6.42 Å². The van der Waals surface area contributed by atoms with Gasteiger partial charge in [0.2, 0.25) is 5.91 Å². The van der Waals surface area contributed by atoms with E-state index in [1.165, 1.54) is 0 Å². The Morgan fingerprint density at radius 2 is 2.08 bits per heavy atom. The van der Waals surface area contributed by atoms with Gasteiger partial charge in [-0.05, 0) is 6.08 Å². The SMILES string of the molecule is C=CC(=O)NCCC(=O)OC(C)=O. The molecule has 0 radical (unpaired) electrons. The number of nitrogens with one attached hydrogen (secondary N) is 1. The molecular weight excluding hydrogens is 174 g/mol. The maximum atomic E-state index is 10.7. The number of rotatable bonds is 4. The number of esters is 2. The Morgan fingerprint density at radius 1 is 1.46 bits per heavy atom. The molecule has 13 heavy (non-hydrogen) atoms. The van der Waals surface area contributed by atoms with E-state index in [4.69, 9.17) is 0 Å². The van der Waals surface area contributed by atoms with Crippen molar-refractivity contribution in [2.45, 2.75) is 13.3 Å². The standard InChI is InChI=1S/C8H11NO4/c1-3-7(11)9-5-4-8(12)13-6(2)10/h3H,1,4-5H2,2H3,(H,9,11). The molecule has 0 aliphatic rings. The van der Waals surface area contributed by atoms with Crippen LogP contribution in [0, 0.1) is 0 Å². The number of amides is 1. The van der Waals surface area contributed by atoms with E-state index in [-0.39, 0.29) is 18.9 Å². The lowest BCUT2D eigenvalue weighted by molar-refractivity contribution is -0.157. The molecular formula is C8H11NO4. The van der Waals surface area contributed by atoms with Gasteiger partial charge in [0.15, 0.2) is 0 Å². The van der Waals surface area contributed by atoms with E-state index < -0.39 is 11.9 Å². The van der Waals surface area contributed by atoms with Gasteiger partial charge in [-0.25, -0.2) is 0 Å². The average molecular weight is 185 g/mol. The van der Waals surface area contributed by atoms with Crippen molar-refractivity contribution in [3.05, 3.63) is 12.7 Å². The summed E-state index contributed by atoms with van der Waals surface area (Å²) in [5.74, 6) is -1.67. The fourth-order valence-electron chi connectivity index (χ4n) is 0.571. The summed E-state index contributed by atoms with van der Waals surface area (Å²) < 4.78 is 4.21. The Hall–Kier alpha value is -1.65. The van der Waals surface area contributed by atoms with Crippen molar-refractivity contribution in [1.82, 2.24) is 5.32 Å². The first-order valence-electron chi connectivity index (χ1n) is 3.67. The molecule has 0 aromatic heterocycles. The van der Waals surface area contributed by atoms with Gasteiger partial charge in [0, 0.05) is 13.5 Å². The number of hydrogen-bond donors (Lipinski definition) is 1. The molecule has 0 fully saturated rings. The fourth-order valence-corrected chi connectivity index (χ4v) is 0.571. The molecule has 0 aromatic carbocycles. The van der Waals surface area contributed by atoms with E-state index in [0.717, 1.165) is 13.0 Å². The smallest absolute Gasteiger partial charge is 0.315 e. The van der Waals surface area contributed by atoms with E-state index in [1.807, 2.05) is 0 Å². The number of carbonyl (C=O) groups excluding carboxylic acids is 3. The van der Waals surface area contributed by atoms with Crippen LogP contribution >= 0.6 is 0 Å². The molecule has 5 heteroatoms. The molecule has 72 valence electrons. The van der Waals surface area contributed by atoms with E-state index in [0.29, 0.717) is 0 Å². The second-order valence-corrected chi connectivity index (χ2v) is 2.21. The van der Waals surface area contributed by atoms with Crippen LogP contribution in [0.1, 0.15) is 13.3 Å². The molecule has 0 rings (SSSR count). The third kappa shape index (κ3) is 6.74. The van der Waals surface area contributed by atoms with Crippen molar-refractivity contribution < 1.29 is 19.1 Å². The lowest BCUT2D eigenvalue weighted by Crippen LogP contribution is -2.24. The topological polar surface area (TPSA) is 72.5 Å². The lowest BCUT2D eigenvalue weighted by Gasteiger charge is -2.00. The van der Waals surface area contributed by atoms with Gasteiger partial charge < -0.3 is 10.1 Å². The highest BCUT2D eigenvalue weighted by molar-refractivity contribution is 5.87. The van der Waals surface area contributed by atoms with Gasteiger partial charge in [-0.15, -0.1) is 0 Å². The van der Waals surface area contributed by atoms with E-state index in [9.17, 15) is 14.4 Å². The van der Waals surface area contributed by atoms with Gasteiger partial charge in [-0.3, -0.25) is 14.4 Å². The molecule has 0 atom stereocenters. The summed E-state index contributed by atoms with van der Waals surface area (Å²) in [6, 6.07) is 0. The monoisotopic (exact) mass is 185 g/mol. The van der Waals surface area contributed by atoms with Crippen molar-refractivity contribution in [3.63, 3.8) is 0 Å². The second-order valence-electron chi connectivity index (χ2n) is 2.21. The first-order chi connectivity index (χ1) is 6.06. The predicted octanol–water partition coefficient (Wildman–Crippen LogP) is -0.232. The Kier molecular flexibility index (Phi) is 5.18. The molecule has 0 aromatic rings. The van der Waals surface area contributed by atoms with Crippen LogP contribution in [0.4, 0.5) is 0 Å². The Morgan fingerprint density at radius 3 is 2.54 bits per heavy atom. The maximum Gasteiger partial charge on any atom is 0.315 e. The van der Waals surface area contributed by atoms with Crippen molar-refractivity contribution in [2.75, 3.05) is 6.54 Å². The van der Waals surface area contributed by atoms with Gasteiger partial charge in [-0.1, -0.05) is 6.58 Å². The van der Waals surface area contributed by atoms with Crippen molar-refractivity contribution in [2.24, 2.45) is 0 Å². The molecule has 1 amide bonds. The third-order valence-electron chi connectivity index (χ3n) is 1.07. The minimum atomic E-state index is -0.656. The Bertz CT molecular complexity index is 234. The van der Waals surface area contributed by atoms with Crippen LogP contribution in [0.3, 0.4) is 0 Å². The molecule has 0 spiro atoms. The molecule has 0 heterocycles. The van der Waals surface area contributed by atoms with Gasteiger partial charge in [0.1, 0.15) is 0 Å². The zero-order chi connectivity index (χ0) is 10.3. The summed E-state index contributed by atoms with van der Waals surface area (Å²) in [6.45, 7) is 4.50. The minimum absolute atomic E-state index is 0.0286. The highest BCUT2D eigenvalue weighted by Gasteiger charge is 2.05. The Balaban J connectivity index is 3.53. The predicted molar refractivity (Wildman–Crippen MR) is 44.6 cm³/mol. The lowest BCUT2D eigenvalue weighted by atomic mass is 10.4. The quantitative estimate of drug-likeness (QED) is 0.373. The first kappa shape index (κ1) is 11.4. The molecule has 1 N–H and O–H groups in total.